The largest absolute Gasteiger partial charge is 0.393 e. The van der Waals surface area contributed by atoms with Gasteiger partial charge in [-0.25, -0.2) is 4.39 Å². The topological polar surface area (TPSA) is 40.5 Å². The number of allylic oxidation sites excluding steroid dienone is 2. The van der Waals surface area contributed by atoms with Crippen molar-refractivity contribution in [2.45, 2.75) is 71.8 Å². The first-order valence-corrected chi connectivity index (χ1v) is 10.2. The van der Waals surface area contributed by atoms with Gasteiger partial charge in [0.15, 0.2) is 0 Å². The molecule has 0 amide bonds. The molecule has 2 nitrogen and oxygen atoms in total. The summed E-state index contributed by atoms with van der Waals surface area (Å²) in [5.41, 5.74) is 2.53. The minimum absolute atomic E-state index is 0.0624. The van der Waals surface area contributed by atoms with E-state index in [1.807, 2.05) is 0 Å². The molecule has 0 aromatic rings. The minimum atomic E-state index is -0.442. The van der Waals surface area contributed by atoms with E-state index in [1.54, 1.807) is 0 Å². The molecular formula is C22H33FO2. The molecule has 2 N–H and O–H groups in total. The van der Waals surface area contributed by atoms with E-state index in [0.717, 1.165) is 50.5 Å². The molecule has 3 fully saturated rings. The van der Waals surface area contributed by atoms with E-state index in [1.165, 1.54) is 5.57 Å². The Morgan fingerprint density at radius 1 is 1.28 bits per heavy atom. The SMILES string of the molecule is C[C@H]1CC(O)CC2=CCC3C4CC/C(=C(\F)CO)C4(C)CCC3C21C. The predicted octanol–water partition coefficient (Wildman–Crippen LogP) is 4.77. The number of hydrogen-bond donors (Lipinski definition) is 2. The van der Waals surface area contributed by atoms with Crippen molar-refractivity contribution in [1.29, 1.82) is 0 Å². The average molecular weight is 349 g/mol. The van der Waals surface area contributed by atoms with Crippen molar-refractivity contribution in [2.75, 3.05) is 6.61 Å². The normalized spacial score (nSPS) is 51.3. The number of aliphatic hydroxyl groups excluding tert-OH is 2. The van der Waals surface area contributed by atoms with Crippen LogP contribution in [0.1, 0.15) is 65.7 Å². The number of halogens is 1. The lowest BCUT2D eigenvalue weighted by Crippen LogP contribution is -2.52. The van der Waals surface area contributed by atoms with E-state index in [2.05, 4.69) is 26.8 Å². The standard InChI is InChI=1S/C22H33FO2/c1-13-10-15(25)11-14-4-5-16-17-6-7-19(20(23)12-24)21(17,2)9-8-18(16)22(13,14)3/h4,13,15-18,24-25H,5-12H2,1-3H3/b20-19+/t13-,15?,16?,17?,18?,21?,22?/m0/s1. The second-order valence-corrected chi connectivity index (χ2v) is 9.66. The molecule has 0 aliphatic heterocycles. The first kappa shape index (κ1) is 17.7. The fourth-order valence-corrected chi connectivity index (χ4v) is 7.43. The van der Waals surface area contributed by atoms with Crippen molar-refractivity contribution in [3.05, 3.63) is 23.0 Å². The summed E-state index contributed by atoms with van der Waals surface area (Å²) in [6, 6.07) is 0. The molecule has 3 saturated carbocycles. The zero-order valence-electron chi connectivity index (χ0n) is 15.9. The van der Waals surface area contributed by atoms with Gasteiger partial charge in [-0.3, -0.25) is 0 Å². The van der Waals surface area contributed by atoms with Gasteiger partial charge in [-0.15, -0.1) is 0 Å². The summed E-state index contributed by atoms with van der Waals surface area (Å²) in [6.07, 6.45) is 9.15. The quantitative estimate of drug-likeness (QED) is 0.670. The maximum Gasteiger partial charge on any atom is 0.125 e. The lowest BCUT2D eigenvalue weighted by Gasteiger charge is -2.59. The molecule has 0 heterocycles. The fraction of sp³-hybridized carbons (Fsp3) is 0.818. The van der Waals surface area contributed by atoms with Gasteiger partial charge in [0, 0.05) is 0 Å². The van der Waals surface area contributed by atoms with Gasteiger partial charge < -0.3 is 10.2 Å². The van der Waals surface area contributed by atoms with Crippen molar-refractivity contribution in [3.63, 3.8) is 0 Å². The van der Waals surface area contributed by atoms with E-state index in [0.29, 0.717) is 23.7 Å². The molecule has 0 aromatic carbocycles. The first-order chi connectivity index (χ1) is 11.8. The minimum Gasteiger partial charge on any atom is -0.393 e. The molecule has 0 saturated heterocycles. The molecular weight excluding hydrogens is 315 g/mol. The highest BCUT2D eigenvalue weighted by Crippen LogP contribution is 2.67. The third kappa shape index (κ3) is 2.34. The molecule has 0 spiro atoms. The second kappa shape index (κ2) is 5.92. The number of aliphatic hydroxyl groups is 2. The van der Waals surface area contributed by atoms with Crippen LogP contribution in [0.25, 0.3) is 0 Å². The summed E-state index contributed by atoms with van der Waals surface area (Å²) in [7, 11) is 0. The Hall–Kier alpha value is -0.670. The Kier molecular flexibility index (Phi) is 4.20. The highest BCUT2D eigenvalue weighted by atomic mass is 19.1. The van der Waals surface area contributed by atoms with Crippen LogP contribution in [0.4, 0.5) is 4.39 Å². The number of rotatable bonds is 1. The average Bonchev–Trinajstić information content (AvgIpc) is 2.93. The van der Waals surface area contributed by atoms with Crippen LogP contribution in [0, 0.1) is 34.5 Å². The molecule has 0 radical (unpaired) electrons. The van der Waals surface area contributed by atoms with E-state index >= 15 is 0 Å². The lowest BCUT2D eigenvalue weighted by molar-refractivity contribution is -0.0535. The maximum absolute atomic E-state index is 14.3. The molecule has 7 atom stereocenters. The van der Waals surface area contributed by atoms with Gasteiger partial charge in [0.25, 0.3) is 0 Å². The van der Waals surface area contributed by atoms with Crippen LogP contribution < -0.4 is 0 Å². The number of fused-ring (bicyclic) bond motifs is 5. The Labute approximate surface area is 151 Å². The molecule has 25 heavy (non-hydrogen) atoms. The highest BCUT2D eigenvalue weighted by molar-refractivity contribution is 5.31. The summed E-state index contributed by atoms with van der Waals surface area (Å²) < 4.78 is 14.3. The summed E-state index contributed by atoms with van der Waals surface area (Å²) >= 11 is 0. The Morgan fingerprint density at radius 2 is 2.04 bits per heavy atom. The van der Waals surface area contributed by atoms with Crippen molar-refractivity contribution >= 4 is 0 Å². The van der Waals surface area contributed by atoms with Crippen LogP contribution in [-0.2, 0) is 0 Å². The molecule has 6 unspecified atom stereocenters. The van der Waals surface area contributed by atoms with Crippen LogP contribution in [0.15, 0.2) is 23.0 Å². The Balaban J connectivity index is 1.71. The van der Waals surface area contributed by atoms with Crippen molar-refractivity contribution < 1.29 is 14.6 Å². The van der Waals surface area contributed by atoms with Gasteiger partial charge in [0.05, 0.1) is 12.7 Å². The lowest BCUT2D eigenvalue weighted by atomic mass is 9.45. The van der Waals surface area contributed by atoms with Crippen molar-refractivity contribution in [3.8, 4) is 0 Å². The molecule has 140 valence electrons. The Morgan fingerprint density at radius 3 is 2.76 bits per heavy atom. The molecule has 4 aliphatic rings. The van der Waals surface area contributed by atoms with Crippen molar-refractivity contribution in [1.82, 2.24) is 0 Å². The summed E-state index contributed by atoms with van der Waals surface area (Å²) in [4.78, 5) is 0. The van der Waals surface area contributed by atoms with Gasteiger partial charge in [0.2, 0.25) is 0 Å². The van der Waals surface area contributed by atoms with Crippen LogP contribution >= 0.6 is 0 Å². The van der Waals surface area contributed by atoms with Crippen LogP contribution in [0.5, 0.6) is 0 Å². The van der Waals surface area contributed by atoms with Crippen LogP contribution in [0.3, 0.4) is 0 Å². The van der Waals surface area contributed by atoms with Gasteiger partial charge in [-0.2, -0.15) is 0 Å². The van der Waals surface area contributed by atoms with Crippen LogP contribution in [-0.4, -0.2) is 22.9 Å². The summed E-state index contributed by atoms with van der Waals surface area (Å²) in [5, 5.41) is 19.6. The number of hydrogen-bond acceptors (Lipinski definition) is 2. The summed E-state index contributed by atoms with van der Waals surface area (Å²) in [6.45, 7) is 6.57. The molecule has 0 bridgehead atoms. The van der Waals surface area contributed by atoms with E-state index in [4.69, 9.17) is 0 Å². The molecule has 3 heteroatoms. The molecule has 4 rings (SSSR count). The molecule has 4 aliphatic carbocycles. The van der Waals surface area contributed by atoms with Gasteiger partial charge in [-0.1, -0.05) is 32.4 Å². The predicted molar refractivity (Wildman–Crippen MR) is 97.5 cm³/mol. The third-order valence-corrected chi connectivity index (χ3v) is 8.89. The summed E-state index contributed by atoms with van der Waals surface area (Å²) in [5.74, 6) is 2.05. The van der Waals surface area contributed by atoms with Gasteiger partial charge in [-0.05, 0) is 85.0 Å². The van der Waals surface area contributed by atoms with E-state index in [9.17, 15) is 14.6 Å². The smallest absolute Gasteiger partial charge is 0.125 e. The van der Waals surface area contributed by atoms with E-state index < -0.39 is 6.61 Å². The first-order valence-electron chi connectivity index (χ1n) is 10.2. The molecule has 0 aromatic heterocycles. The third-order valence-electron chi connectivity index (χ3n) is 8.89. The van der Waals surface area contributed by atoms with Crippen LogP contribution in [0.2, 0.25) is 0 Å². The zero-order valence-corrected chi connectivity index (χ0v) is 15.9. The maximum atomic E-state index is 14.3. The Bertz CT molecular complexity index is 624. The van der Waals surface area contributed by atoms with Gasteiger partial charge in [0.1, 0.15) is 5.83 Å². The van der Waals surface area contributed by atoms with E-state index in [-0.39, 0.29) is 22.8 Å². The second-order valence-electron chi connectivity index (χ2n) is 9.66. The zero-order chi connectivity index (χ0) is 18.0. The van der Waals surface area contributed by atoms with Gasteiger partial charge >= 0.3 is 0 Å². The monoisotopic (exact) mass is 348 g/mol. The highest BCUT2D eigenvalue weighted by Gasteiger charge is 2.59. The fourth-order valence-electron chi connectivity index (χ4n) is 7.43. The van der Waals surface area contributed by atoms with Crippen molar-refractivity contribution in [2.24, 2.45) is 34.5 Å².